The first-order valence-corrected chi connectivity index (χ1v) is 10.8. The van der Waals surface area contributed by atoms with Gasteiger partial charge in [0.2, 0.25) is 5.91 Å². The van der Waals surface area contributed by atoms with E-state index in [1.807, 2.05) is 0 Å². The summed E-state index contributed by atoms with van der Waals surface area (Å²) in [5.74, 6) is -1.91. The van der Waals surface area contributed by atoms with Crippen LogP contribution in [-0.2, 0) is 11.8 Å². The molecule has 3 aromatic heterocycles. The number of pyridine rings is 1. The second kappa shape index (κ2) is 8.36. The number of nitrogens with one attached hydrogen (secondary N) is 2. The third-order valence-corrected chi connectivity index (χ3v) is 6.06. The van der Waals surface area contributed by atoms with E-state index < -0.39 is 11.6 Å². The van der Waals surface area contributed by atoms with Crippen LogP contribution >= 0.6 is 0 Å². The lowest BCUT2D eigenvalue weighted by Gasteiger charge is -2.22. The number of amides is 1. The molecule has 33 heavy (non-hydrogen) atoms. The molecule has 1 aromatic carbocycles. The van der Waals surface area contributed by atoms with Gasteiger partial charge in [-0.15, -0.1) is 0 Å². The van der Waals surface area contributed by atoms with Gasteiger partial charge in [-0.25, -0.2) is 8.78 Å². The van der Waals surface area contributed by atoms with Crippen LogP contribution in [0, 0.1) is 11.6 Å². The molecule has 1 amide bonds. The molecular weight excluding hydrogens is 428 g/mol. The van der Waals surface area contributed by atoms with Crippen LogP contribution in [0.1, 0.15) is 19.8 Å². The molecule has 1 aliphatic rings. The highest BCUT2D eigenvalue weighted by molar-refractivity contribution is 5.96. The van der Waals surface area contributed by atoms with E-state index in [0.29, 0.717) is 16.6 Å². The lowest BCUT2D eigenvalue weighted by molar-refractivity contribution is -0.120. The Bertz CT molecular complexity index is 1320. The van der Waals surface area contributed by atoms with Gasteiger partial charge in [-0.1, -0.05) is 0 Å². The summed E-state index contributed by atoms with van der Waals surface area (Å²) >= 11 is 0. The Morgan fingerprint density at radius 3 is 2.55 bits per heavy atom. The molecule has 170 valence electrons. The van der Waals surface area contributed by atoms with Crippen molar-refractivity contribution in [3.05, 3.63) is 48.4 Å². The molecule has 0 radical (unpaired) electrons. The van der Waals surface area contributed by atoms with Gasteiger partial charge in [0.1, 0.15) is 17.3 Å². The van der Waals surface area contributed by atoms with Gasteiger partial charge in [-0.3, -0.25) is 24.5 Å². The number of nitrogens with zero attached hydrogens (tertiary/aromatic N) is 5. The molecule has 10 heteroatoms. The average Bonchev–Trinajstić information content (AvgIpc) is 3.53. The summed E-state index contributed by atoms with van der Waals surface area (Å²) in [5, 5.41) is 14.6. The highest BCUT2D eigenvalue weighted by atomic mass is 19.1. The Hall–Kier alpha value is -3.66. The molecule has 0 spiro atoms. The molecular formula is C23H23F2N7O. The molecule has 1 saturated heterocycles. The average molecular weight is 451 g/mol. The zero-order valence-corrected chi connectivity index (χ0v) is 18.3. The number of fused-ring (bicyclic) bond motifs is 1. The van der Waals surface area contributed by atoms with E-state index in [1.165, 1.54) is 6.20 Å². The van der Waals surface area contributed by atoms with Gasteiger partial charge in [-0.2, -0.15) is 10.2 Å². The predicted octanol–water partition coefficient (Wildman–Crippen LogP) is 3.73. The Morgan fingerprint density at radius 1 is 1.15 bits per heavy atom. The number of carbonyl (C=O) groups excluding carboxylic acids is 1. The van der Waals surface area contributed by atoms with E-state index in [4.69, 9.17) is 0 Å². The number of H-pyrrole nitrogens is 1. The van der Waals surface area contributed by atoms with Gasteiger partial charge in [0.05, 0.1) is 35.2 Å². The first-order chi connectivity index (χ1) is 15.9. The summed E-state index contributed by atoms with van der Waals surface area (Å²) in [6, 6.07) is 3.47. The molecule has 1 atom stereocenters. The standard InChI is InChI=1S/C23H23F2N7O/c1-13(32-5-3-4-6-32)23(33)28-15-7-17(24)21(18(25)8-15)19-9-16-20(11-26-19)29-30-22(16)14-10-27-31(2)12-14/h7-13H,3-6H2,1-2H3,(H,28,33)(H,29,30). The minimum absolute atomic E-state index is 0.0743. The first kappa shape index (κ1) is 21.2. The molecule has 1 aliphatic heterocycles. The summed E-state index contributed by atoms with van der Waals surface area (Å²) in [6.45, 7) is 3.49. The maximum absolute atomic E-state index is 15.0. The maximum Gasteiger partial charge on any atom is 0.241 e. The van der Waals surface area contributed by atoms with Crippen LogP contribution < -0.4 is 5.32 Å². The fourth-order valence-corrected chi connectivity index (χ4v) is 4.25. The highest BCUT2D eigenvalue weighted by Gasteiger charge is 2.25. The van der Waals surface area contributed by atoms with Gasteiger partial charge in [0.15, 0.2) is 0 Å². The number of rotatable bonds is 5. The van der Waals surface area contributed by atoms with E-state index in [1.54, 1.807) is 37.1 Å². The van der Waals surface area contributed by atoms with Crippen LogP contribution in [-0.4, -0.2) is 54.9 Å². The second-order valence-electron chi connectivity index (χ2n) is 8.31. The number of aromatic nitrogens is 5. The van der Waals surface area contributed by atoms with Gasteiger partial charge in [0.25, 0.3) is 0 Å². The van der Waals surface area contributed by atoms with Crippen molar-refractivity contribution in [2.75, 3.05) is 18.4 Å². The number of anilines is 1. The third kappa shape index (κ3) is 3.97. The van der Waals surface area contributed by atoms with Crippen molar-refractivity contribution in [1.29, 1.82) is 0 Å². The fourth-order valence-electron chi connectivity index (χ4n) is 4.25. The van der Waals surface area contributed by atoms with Gasteiger partial charge >= 0.3 is 0 Å². The number of hydrogen-bond acceptors (Lipinski definition) is 5. The smallest absolute Gasteiger partial charge is 0.241 e. The number of hydrogen-bond donors (Lipinski definition) is 2. The van der Waals surface area contributed by atoms with Crippen molar-refractivity contribution in [2.24, 2.45) is 7.05 Å². The Morgan fingerprint density at radius 2 is 1.88 bits per heavy atom. The quantitative estimate of drug-likeness (QED) is 0.483. The molecule has 0 bridgehead atoms. The van der Waals surface area contributed by atoms with E-state index in [0.717, 1.165) is 43.6 Å². The maximum atomic E-state index is 15.0. The fraction of sp³-hybridized carbons (Fsp3) is 0.304. The molecule has 4 heterocycles. The lowest BCUT2D eigenvalue weighted by atomic mass is 10.1. The van der Waals surface area contributed by atoms with Gasteiger partial charge < -0.3 is 5.32 Å². The zero-order valence-electron chi connectivity index (χ0n) is 18.3. The van der Waals surface area contributed by atoms with E-state index in [2.05, 4.69) is 30.5 Å². The summed E-state index contributed by atoms with van der Waals surface area (Å²) in [6.07, 6.45) is 7.05. The summed E-state index contributed by atoms with van der Waals surface area (Å²) in [4.78, 5) is 18.8. The SMILES string of the molecule is CC(C(=O)Nc1cc(F)c(-c2cc3c(-c4cnn(C)c4)n[nH]c3cn2)c(F)c1)N1CCCC1. The molecule has 2 N–H and O–H groups in total. The van der Waals surface area contributed by atoms with Crippen molar-refractivity contribution >= 4 is 22.5 Å². The minimum atomic E-state index is -0.808. The molecule has 5 rings (SSSR count). The number of carbonyl (C=O) groups is 1. The zero-order chi connectivity index (χ0) is 23.1. The number of likely N-dealkylation sites (tertiary alicyclic amines) is 1. The van der Waals surface area contributed by atoms with Crippen LogP contribution in [0.4, 0.5) is 14.5 Å². The molecule has 0 aliphatic carbocycles. The number of benzene rings is 1. The molecule has 0 saturated carbocycles. The minimum Gasteiger partial charge on any atom is -0.325 e. The summed E-state index contributed by atoms with van der Waals surface area (Å²) in [7, 11) is 1.79. The summed E-state index contributed by atoms with van der Waals surface area (Å²) in [5.41, 5.74) is 1.96. The predicted molar refractivity (Wildman–Crippen MR) is 120 cm³/mol. The van der Waals surface area contributed by atoms with Gasteiger partial charge in [-0.05, 0) is 51.1 Å². The number of halogens is 2. The van der Waals surface area contributed by atoms with E-state index in [-0.39, 0.29) is 28.9 Å². The highest BCUT2D eigenvalue weighted by Crippen LogP contribution is 2.32. The number of aromatic amines is 1. The lowest BCUT2D eigenvalue weighted by Crippen LogP contribution is -2.40. The Labute approximate surface area is 188 Å². The van der Waals surface area contributed by atoms with Crippen molar-refractivity contribution < 1.29 is 13.6 Å². The van der Waals surface area contributed by atoms with Crippen molar-refractivity contribution in [3.8, 4) is 22.5 Å². The Balaban J connectivity index is 1.45. The third-order valence-electron chi connectivity index (χ3n) is 6.06. The monoisotopic (exact) mass is 451 g/mol. The largest absolute Gasteiger partial charge is 0.325 e. The molecule has 4 aromatic rings. The van der Waals surface area contributed by atoms with Crippen LogP contribution in [0.2, 0.25) is 0 Å². The van der Waals surface area contributed by atoms with Crippen LogP contribution in [0.3, 0.4) is 0 Å². The second-order valence-corrected chi connectivity index (χ2v) is 8.31. The van der Waals surface area contributed by atoms with Crippen molar-refractivity contribution in [1.82, 2.24) is 29.9 Å². The van der Waals surface area contributed by atoms with Gasteiger partial charge in [0, 0.05) is 29.9 Å². The molecule has 8 nitrogen and oxygen atoms in total. The van der Waals surface area contributed by atoms with Crippen molar-refractivity contribution in [3.63, 3.8) is 0 Å². The van der Waals surface area contributed by atoms with Crippen LogP contribution in [0.5, 0.6) is 0 Å². The van der Waals surface area contributed by atoms with Crippen LogP contribution in [0.25, 0.3) is 33.4 Å². The normalized spacial score (nSPS) is 15.3. The van der Waals surface area contributed by atoms with Crippen LogP contribution in [0.15, 0.2) is 36.8 Å². The topological polar surface area (TPSA) is 91.7 Å². The Kier molecular flexibility index (Phi) is 5.37. The molecule has 1 unspecified atom stereocenters. The van der Waals surface area contributed by atoms with E-state index >= 15 is 8.78 Å². The van der Waals surface area contributed by atoms with E-state index in [9.17, 15) is 4.79 Å². The summed E-state index contributed by atoms with van der Waals surface area (Å²) < 4.78 is 31.7. The molecule has 1 fully saturated rings. The van der Waals surface area contributed by atoms with Crippen molar-refractivity contribution in [2.45, 2.75) is 25.8 Å². The first-order valence-electron chi connectivity index (χ1n) is 10.8. The number of aryl methyl sites for hydroxylation is 1.